The van der Waals surface area contributed by atoms with Crippen LogP contribution in [-0.2, 0) is 6.42 Å². The van der Waals surface area contributed by atoms with Crippen molar-refractivity contribution in [2.45, 2.75) is 52.4 Å². The Labute approximate surface area is 80.3 Å². The summed E-state index contributed by atoms with van der Waals surface area (Å²) in [5.74, 6) is 0.920. The van der Waals surface area contributed by atoms with Crippen molar-refractivity contribution in [2.75, 3.05) is 0 Å². The van der Waals surface area contributed by atoms with E-state index in [-0.39, 0.29) is 0 Å². The Morgan fingerprint density at radius 1 is 1.23 bits per heavy atom. The Kier molecular flexibility index (Phi) is 4.58. The average molecular weight is 181 g/mol. The van der Waals surface area contributed by atoms with Crippen molar-refractivity contribution in [2.24, 2.45) is 0 Å². The van der Waals surface area contributed by atoms with Gasteiger partial charge in [0.15, 0.2) is 0 Å². The molecule has 0 aliphatic rings. The van der Waals surface area contributed by atoms with Crippen molar-refractivity contribution < 1.29 is 4.52 Å². The monoisotopic (exact) mass is 181 g/mol. The van der Waals surface area contributed by atoms with Crippen LogP contribution in [0, 0.1) is 6.92 Å². The molecule has 0 N–H and O–H groups in total. The first-order valence-corrected chi connectivity index (χ1v) is 5.25. The van der Waals surface area contributed by atoms with Gasteiger partial charge in [0.1, 0.15) is 5.76 Å². The Bertz CT molecular complexity index is 230. The van der Waals surface area contributed by atoms with Gasteiger partial charge in [0, 0.05) is 6.07 Å². The van der Waals surface area contributed by atoms with Gasteiger partial charge in [-0.05, 0) is 19.8 Å². The van der Waals surface area contributed by atoms with E-state index in [9.17, 15) is 0 Å². The van der Waals surface area contributed by atoms with E-state index < -0.39 is 0 Å². The number of hydrogen-bond acceptors (Lipinski definition) is 2. The van der Waals surface area contributed by atoms with Gasteiger partial charge in [-0.25, -0.2) is 0 Å². The number of aromatic nitrogens is 1. The summed E-state index contributed by atoms with van der Waals surface area (Å²) in [7, 11) is 0. The number of nitrogens with zero attached hydrogens (tertiary/aromatic N) is 1. The zero-order valence-electron chi connectivity index (χ0n) is 8.68. The molecule has 74 valence electrons. The van der Waals surface area contributed by atoms with Crippen LogP contribution in [0.2, 0.25) is 0 Å². The van der Waals surface area contributed by atoms with E-state index in [4.69, 9.17) is 4.52 Å². The molecule has 0 saturated carbocycles. The average Bonchev–Trinajstić information content (AvgIpc) is 2.51. The Morgan fingerprint density at radius 3 is 2.62 bits per heavy atom. The van der Waals surface area contributed by atoms with Crippen LogP contribution >= 0.6 is 0 Å². The number of rotatable bonds is 6. The molecular formula is C11H19NO. The molecule has 0 amide bonds. The lowest BCUT2D eigenvalue weighted by molar-refractivity contribution is 0.389. The highest BCUT2D eigenvalue weighted by atomic mass is 16.5. The van der Waals surface area contributed by atoms with E-state index in [0.29, 0.717) is 0 Å². The van der Waals surface area contributed by atoms with Crippen molar-refractivity contribution >= 4 is 0 Å². The van der Waals surface area contributed by atoms with Crippen LogP contribution in [0.1, 0.15) is 50.5 Å². The van der Waals surface area contributed by atoms with Gasteiger partial charge in [0.05, 0.1) is 5.69 Å². The minimum atomic E-state index is 0.920. The molecule has 0 bridgehead atoms. The highest BCUT2D eigenvalue weighted by Gasteiger charge is 1.98. The predicted octanol–water partition coefficient (Wildman–Crippen LogP) is 3.50. The van der Waals surface area contributed by atoms with E-state index in [2.05, 4.69) is 12.1 Å². The van der Waals surface area contributed by atoms with Crippen LogP contribution in [0.25, 0.3) is 0 Å². The molecule has 0 unspecified atom stereocenters. The second-order valence-electron chi connectivity index (χ2n) is 3.59. The minimum absolute atomic E-state index is 0.920. The molecule has 0 fully saturated rings. The normalized spacial score (nSPS) is 10.6. The first kappa shape index (κ1) is 10.3. The van der Waals surface area contributed by atoms with E-state index >= 15 is 0 Å². The molecule has 2 nitrogen and oxygen atoms in total. The lowest BCUT2D eigenvalue weighted by Crippen LogP contribution is -1.85. The van der Waals surface area contributed by atoms with E-state index in [1.54, 1.807) is 0 Å². The van der Waals surface area contributed by atoms with E-state index in [0.717, 1.165) is 17.9 Å². The van der Waals surface area contributed by atoms with Gasteiger partial charge in [0.2, 0.25) is 0 Å². The van der Waals surface area contributed by atoms with Crippen LogP contribution in [0.5, 0.6) is 0 Å². The first-order chi connectivity index (χ1) is 6.33. The summed E-state index contributed by atoms with van der Waals surface area (Å²) in [6, 6.07) is 2.03. The topological polar surface area (TPSA) is 26.0 Å². The highest BCUT2D eigenvalue weighted by Crippen LogP contribution is 2.08. The van der Waals surface area contributed by atoms with Crippen LogP contribution in [0.3, 0.4) is 0 Å². The SMILES string of the molecule is CCCCCCCc1cc(C)on1. The third-order valence-corrected chi connectivity index (χ3v) is 2.21. The van der Waals surface area contributed by atoms with Crippen molar-refractivity contribution in [3.63, 3.8) is 0 Å². The molecule has 13 heavy (non-hydrogen) atoms. The summed E-state index contributed by atoms with van der Waals surface area (Å²) in [5, 5.41) is 3.96. The molecule has 0 radical (unpaired) electrons. The quantitative estimate of drug-likeness (QED) is 0.628. The highest BCUT2D eigenvalue weighted by molar-refractivity contribution is 5.03. The van der Waals surface area contributed by atoms with Crippen LogP contribution in [-0.4, -0.2) is 5.16 Å². The molecule has 1 heterocycles. The minimum Gasteiger partial charge on any atom is -0.361 e. The molecule has 1 aromatic heterocycles. The summed E-state index contributed by atoms with van der Waals surface area (Å²) < 4.78 is 4.99. The van der Waals surface area contributed by atoms with Crippen molar-refractivity contribution in [3.05, 3.63) is 17.5 Å². The van der Waals surface area contributed by atoms with Crippen molar-refractivity contribution in [1.82, 2.24) is 5.16 Å². The van der Waals surface area contributed by atoms with Crippen LogP contribution < -0.4 is 0 Å². The van der Waals surface area contributed by atoms with Gasteiger partial charge >= 0.3 is 0 Å². The fourth-order valence-corrected chi connectivity index (χ4v) is 1.45. The summed E-state index contributed by atoms with van der Waals surface area (Å²) >= 11 is 0. The molecule has 0 saturated heterocycles. The molecule has 0 aromatic carbocycles. The van der Waals surface area contributed by atoms with Gasteiger partial charge in [-0.15, -0.1) is 0 Å². The number of aryl methyl sites for hydroxylation is 2. The second-order valence-corrected chi connectivity index (χ2v) is 3.59. The zero-order chi connectivity index (χ0) is 9.52. The molecule has 2 heteroatoms. The van der Waals surface area contributed by atoms with Gasteiger partial charge < -0.3 is 4.52 Å². The third-order valence-electron chi connectivity index (χ3n) is 2.21. The molecule has 1 aromatic rings. The summed E-state index contributed by atoms with van der Waals surface area (Å²) in [4.78, 5) is 0. The Balaban J connectivity index is 2.06. The van der Waals surface area contributed by atoms with Gasteiger partial charge in [-0.2, -0.15) is 0 Å². The first-order valence-electron chi connectivity index (χ1n) is 5.25. The third kappa shape index (κ3) is 4.11. The standard InChI is InChI=1S/C11H19NO/c1-3-4-5-6-7-8-11-9-10(2)13-12-11/h9H,3-8H2,1-2H3. The summed E-state index contributed by atoms with van der Waals surface area (Å²) in [5.41, 5.74) is 1.11. The largest absolute Gasteiger partial charge is 0.361 e. The maximum Gasteiger partial charge on any atom is 0.133 e. The molecule has 0 aliphatic carbocycles. The summed E-state index contributed by atoms with van der Waals surface area (Å²) in [6.45, 7) is 4.18. The van der Waals surface area contributed by atoms with Gasteiger partial charge in [-0.3, -0.25) is 0 Å². The van der Waals surface area contributed by atoms with E-state index in [1.165, 1.54) is 32.1 Å². The number of unbranched alkanes of at least 4 members (excludes halogenated alkanes) is 4. The second kappa shape index (κ2) is 5.79. The fourth-order valence-electron chi connectivity index (χ4n) is 1.45. The van der Waals surface area contributed by atoms with Gasteiger partial charge in [-0.1, -0.05) is 37.8 Å². The predicted molar refractivity (Wildman–Crippen MR) is 53.7 cm³/mol. The molecule has 1 rings (SSSR count). The maximum atomic E-state index is 4.99. The number of hydrogen-bond donors (Lipinski definition) is 0. The molecule has 0 atom stereocenters. The Morgan fingerprint density at radius 2 is 2.00 bits per heavy atom. The summed E-state index contributed by atoms with van der Waals surface area (Å²) in [6.07, 6.45) is 7.65. The lowest BCUT2D eigenvalue weighted by atomic mass is 10.1. The van der Waals surface area contributed by atoms with Crippen LogP contribution in [0.4, 0.5) is 0 Å². The smallest absolute Gasteiger partial charge is 0.133 e. The fraction of sp³-hybridized carbons (Fsp3) is 0.727. The Hall–Kier alpha value is -0.790. The van der Waals surface area contributed by atoms with E-state index in [1.807, 2.05) is 13.0 Å². The zero-order valence-corrected chi connectivity index (χ0v) is 8.68. The van der Waals surface area contributed by atoms with Crippen molar-refractivity contribution in [1.29, 1.82) is 0 Å². The molecular weight excluding hydrogens is 162 g/mol. The van der Waals surface area contributed by atoms with Crippen molar-refractivity contribution in [3.8, 4) is 0 Å². The van der Waals surface area contributed by atoms with Gasteiger partial charge in [0.25, 0.3) is 0 Å². The molecule has 0 aliphatic heterocycles. The lowest BCUT2D eigenvalue weighted by Gasteiger charge is -1.96. The van der Waals surface area contributed by atoms with Crippen LogP contribution in [0.15, 0.2) is 10.6 Å². The molecule has 0 spiro atoms. The maximum absolute atomic E-state index is 4.99.